The summed E-state index contributed by atoms with van der Waals surface area (Å²) < 4.78 is 5.85. The van der Waals surface area contributed by atoms with Crippen molar-refractivity contribution in [2.75, 3.05) is 18.1 Å². The van der Waals surface area contributed by atoms with Gasteiger partial charge in [-0.2, -0.15) is 0 Å². The lowest BCUT2D eigenvalue weighted by molar-refractivity contribution is -0.119. The van der Waals surface area contributed by atoms with E-state index in [1.165, 1.54) is 11.3 Å². The van der Waals surface area contributed by atoms with Gasteiger partial charge in [-0.1, -0.05) is 6.08 Å². The molecule has 0 saturated heterocycles. The van der Waals surface area contributed by atoms with Crippen molar-refractivity contribution < 1.29 is 9.53 Å². The Morgan fingerprint density at radius 3 is 2.92 bits per heavy atom. The lowest BCUT2D eigenvalue weighted by atomic mass is 9.88. The van der Waals surface area contributed by atoms with E-state index < -0.39 is 0 Å². The van der Waals surface area contributed by atoms with Crippen molar-refractivity contribution in [3.05, 3.63) is 35.5 Å². The zero-order chi connectivity index (χ0) is 16.5. The maximum absolute atomic E-state index is 12.5. The fraction of sp³-hybridized carbons (Fsp3) is 0.500. The van der Waals surface area contributed by atoms with Crippen LogP contribution in [0.15, 0.2) is 35.0 Å². The number of fused-ring (bicyclic) bond motifs is 1. The van der Waals surface area contributed by atoms with Crippen LogP contribution in [0.4, 0.5) is 5.69 Å². The first kappa shape index (κ1) is 15.4. The van der Waals surface area contributed by atoms with Crippen molar-refractivity contribution in [1.29, 1.82) is 0 Å². The topological polar surface area (TPSA) is 41.9 Å². The number of aliphatic imine (C=N–C) groups is 1. The van der Waals surface area contributed by atoms with Gasteiger partial charge in [0.2, 0.25) is 5.91 Å². The van der Waals surface area contributed by atoms with Crippen LogP contribution in [0.3, 0.4) is 0 Å². The zero-order valence-electron chi connectivity index (χ0n) is 14.2. The van der Waals surface area contributed by atoms with Crippen molar-refractivity contribution in [2.45, 2.75) is 44.9 Å². The third kappa shape index (κ3) is 2.97. The maximum Gasteiger partial charge on any atom is 0.230 e. The minimum atomic E-state index is 0.242. The average Bonchev–Trinajstić information content (AvgIpc) is 3.34. The molecule has 126 valence electrons. The van der Waals surface area contributed by atoms with Gasteiger partial charge >= 0.3 is 0 Å². The molecule has 1 amide bonds. The SMILES string of the molecule is CCN(C(=O)C1CC1)c1ccc2c(c1)C(CC1=CCC=N1)CCO2. The number of carbonyl (C=O) groups is 1. The van der Waals surface area contributed by atoms with Crippen LogP contribution in [0.5, 0.6) is 5.75 Å². The van der Waals surface area contributed by atoms with Gasteiger partial charge < -0.3 is 9.64 Å². The number of ether oxygens (including phenoxy) is 1. The molecule has 1 aromatic carbocycles. The van der Waals surface area contributed by atoms with Crippen molar-refractivity contribution in [3.63, 3.8) is 0 Å². The second kappa shape index (κ2) is 6.42. The molecule has 1 atom stereocenters. The van der Waals surface area contributed by atoms with Crippen LogP contribution in [0.1, 0.15) is 50.5 Å². The Bertz CT molecular complexity index is 704. The highest BCUT2D eigenvalue weighted by molar-refractivity contribution is 5.96. The van der Waals surface area contributed by atoms with Gasteiger partial charge in [-0.3, -0.25) is 9.79 Å². The lowest BCUT2D eigenvalue weighted by Gasteiger charge is -2.28. The van der Waals surface area contributed by atoms with E-state index in [0.29, 0.717) is 5.92 Å². The Kier molecular flexibility index (Phi) is 4.13. The molecule has 2 heterocycles. The number of nitrogens with zero attached hydrogens (tertiary/aromatic N) is 2. The van der Waals surface area contributed by atoms with E-state index in [0.717, 1.165) is 56.7 Å². The molecular weight excluding hydrogens is 300 g/mol. The van der Waals surface area contributed by atoms with E-state index in [9.17, 15) is 4.79 Å². The summed E-state index contributed by atoms with van der Waals surface area (Å²) in [5, 5.41) is 0. The van der Waals surface area contributed by atoms with Crippen LogP contribution in [-0.2, 0) is 4.79 Å². The highest BCUT2D eigenvalue weighted by Gasteiger charge is 2.34. The summed E-state index contributed by atoms with van der Waals surface area (Å²) in [6.45, 7) is 3.52. The summed E-state index contributed by atoms with van der Waals surface area (Å²) in [6, 6.07) is 6.23. The number of anilines is 1. The number of benzene rings is 1. The molecule has 1 saturated carbocycles. The van der Waals surface area contributed by atoms with Crippen molar-refractivity contribution >= 4 is 17.8 Å². The molecular formula is C20H24N2O2. The Hall–Kier alpha value is -2.10. The second-order valence-corrected chi connectivity index (χ2v) is 6.86. The van der Waals surface area contributed by atoms with Crippen LogP contribution in [-0.4, -0.2) is 25.3 Å². The monoisotopic (exact) mass is 324 g/mol. The fourth-order valence-electron chi connectivity index (χ4n) is 3.65. The molecule has 0 N–H and O–H groups in total. The second-order valence-electron chi connectivity index (χ2n) is 6.86. The third-order valence-corrected chi connectivity index (χ3v) is 5.15. The van der Waals surface area contributed by atoms with Crippen LogP contribution < -0.4 is 9.64 Å². The molecule has 1 unspecified atom stereocenters. The average molecular weight is 324 g/mol. The molecule has 0 aromatic heterocycles. The summed E-state index contributed by atoms with van der Waals surface area (Å²) >= 11 is 0. The van der Waals surface area contributed by atoms with Crippen LogP contribution >= 0.6 is 0 Å². The van der Waals surface area contributed by atoms with E-state index in [2.05, 4.69) is 17.1 Å². The largest absolute Gasteiger partial charge is 0.493 e. The normalized spacial score (nSPS) is 21.9. The van der Waals surface area contributed by atoms with Crippen LogP contribution in [0.25, 0.3) is 0 Å². The minimum Gasteiger partial charge on any atom is -0.493 e. The van der Waals surface area contributed by atoms with Gasteiger partial charge in [0.25, 0.3) is 0 Å². The zero-order valence-corrected chi connectivity index (χ0v) is 14.2. The number of amides is 1. The summed E-state index contributed by atoms with van der Waals surface area (Å²) in [4.78, 5) is 18.9. The first-order valence-electron chi connectivity index (χ1n) is 9.06. The van der Waals surface area contributed by atoms with E-state index in [4.69, 9.17) is 4.74 Å². The molecule has 1 fully saturated rings. The van der Waals surface area contributed by atoms with Crippen molar-refractivity contribution in [2.24, 2.45) is 10.9 Å². The van der Waals surface area contributed by atoms with Gasteiger partial charge in [-0.25, -0.2) is 0 Å². The Labute approximate surface area is 143 Å². The number of hydrogen-bond donors (Lipinski definition) is 0. The summed E-state index contributed by atoms with van der Waals surface area (Å²) in [5.41, 5.74) is 3.41. The predicted molar refractivity (Wildman–Crippen MR) is 95.9 cm³/mol. The quantitative estimate of drug-likeness (QED) is 0.819. The molecule has 3 aliphatic rings. The number of hydrogen-bond acceptors (Lipinski definition) is 3. The molecule has 1 aliphatic carbocycles. The van der Waals surface area contributed by atoms with Crippen molar-refractivity contribution in [3.8, 4) is 5.75 Å². The highest BCUT2D eigenvalue weighted by atomic mass is 16.5. The van der Waals surface area contributed by atoms with E-state index in [1.54, 1.807) is 0 Å². The van der Waals surface area contributed by atoms with Gasteiger partial charge in [0.1, 0.15) is 5.75 Å². The van der Waals surface area contributed by atoms with Gasteiger partial charge in [-0.05, 0) is 62.3 Å². The van der Waals surface area contributed by atoms with Gasteiger partial charge in [0.05, 0.1) is 6.61 Å². The predicted octanol–water partition coefficient (Wildman–Crippen LogP) is 4.06. The summed E-state index contributed by atoms with van der Waals surface area (Å²) in [5.74, 6) is 1.90. The number of carbonyl (C=O) groups excluding carboxylic acids is 1. The highest BCUT2D eigenvalue weighted by Crippen LogP contribution is 2.41. The fourth-order valence-corrected chi connectivity index (χ4v) is 3.65. The number of rotatable bonds is 5. The standard InChI is InChI=1S/C20H24N2O2/c1-2-22(20(23)14-5-6-14)17-7-8-19-18(13-17)15(9-11-24-19)12-16-4-3-10-21-16/h4,7-8,10,13-15H,2-3,5-6,9,11-12H2,1H3. The van der Waals surface area contributed by atoms with Crippen molar-refractivity contribution in [1.82, 2.24) is 0 Å². The number of allylic oxidation sites excluding steroid dienone is 2. The van der Waals surface area contributed by atoms with Gasteiger partial charge in [-0.15, -0.1) is 0 Å². The Balaban J connectivity index is 1.61. The van der Waals surface area contributed by atoms with E-state index >= 15 is 0 Å². The molecule has 4 heteroatoms. The lowest BCUT2D eigenvalue weighted by Crippen LogP contribution is -2.32. The molecule has 0 radical (unpaired) electrons. The van der Waals surface area contributed by atoms with Gasteiger partial charge in [0.15, 0.2) is 0 Å². The molecule has 4 rings (SSSR count). The minimum absolute atomic E-state index is 0.242. The molecule has 1 aromatic rings. The molecule has 2 aliphatic heterocycles. The summed E-state index contributed by atoms with van der Waals surface area (Å²) in [6.07, 6.45) is 9.17. The van der Waals surface area contributed by atoms with Crippen LogP contribution in [0.2, 0.25) is 0 Å². The van der Waals surface area contributed by atoms with E-state index in [-0.39, 0.29) is 11.8 Å². The third-order valence-electron chi connectivity index (χ3n) is 5.15. The van der Waals surface area contributed by atoms with Gasteiger partial charge in [0, 0.05) is 36.5 Å². The first-order valence-corrected chi connectivity index (χ1v) is 9.06. The summed E-state index contributed by atoms with van der Waals surface area (Å²) in [7, 11) is 0. The molecule has 24 heavy (non-hydrogen) atoms. The van der Waals surface area contributed by atoms with E-state index in [1.807, 2.05) is 30.2 Å². The maximum atomic E-state index is 12.5. The molecule has 0 bridgehead atoms. The first-order chi connectivity index (χ1) is 11.8. The molecule has 4 nitrogen and oxygen atoms in total. The van der Waals surface area contributed by atoms with Crippen LogP contribution in [0, 0.1) is 5.92 Å². The Morgan fingerprint density at radius 2 is 2.21 bits per heavy atom. The Morgan fingerprint density at radius 1 is 1.33 bits per heavy atom. The molecule has 0 spiro atoms. The smallest absolute Gasteiger partial charge is 0.230 e.